The van der Waals surface area contributed by atoms with Crippen molar-refractivity contribution in [3.8, 4) is 0 Å². The minimum absolute atomic E-state index is 0. The van der Waals surface area contributed by atoms with E-state index >= 15 is 0 Å². The van der Waals surface area contributed by atoms with Crippen LogP contribution in [-0.4, -0.2) is 31.7 Å². The number of halogens is 4. The van der Waals surface area contributed by atoms with Gasteiger partial charge in [0.25, 0.3) is 0 Å². The first-order valence-electron chi connectivity index (χ1n) is 5.01. The van der Waals surface area contributed by atoms with E-state index in [0.717, 1.165) is 6.54 Å². The number of alkyl halides is 3. The second-order valence-corrected chi connectivity index (χ2v) is 3.79. The summed E-state index contributed by atoms with van der Waals surface area (Å²) >= 11 is 0. The van der Waals surface area contributed by atoms with E-state index < -0.39 is 12.6 Å². The molecule has 2 N–H and O–H groups in total. The molecule has 1 aliphatic carbocycles. The molecule has 0 aromatic heterocycles. The molecule has 0 spiro atoms. The van der Waals surface area contributed by atoms with E-state index in [1.165, 1.54) is 12.8 Å². The van der Waals surface area contributed by atoms with Crippen molar-refractivity contribution in [3.63, 3.8) is 0 Å². The lowest BCUT2D eigenvalue weighted by Gasteiger charge is -2.08. The average Bonchev–Trinajstić information content (AvgIpc) is 2.85. The summed E-state index contributed by atoms with van der Waals surface area (Å²) < 4.78 is 35.1. The number of hydrogen-bond donors (Lipinski definition) is 2. The number of amides is 1. The summed E-state index contributed by atoms with van der Waals surface area (Å²) in [4.78, 5) is 11.0. The predicted molar refractivity (Wildman–Crippen MR) is 56.5 cm³/mol. The number of carbonyl (C=O) groups is 1. The first-order chi connectivity index (χ1) is 6.97. The first kappa shape index (κ1) is 15.5. The zero-order chi connectivity index (χ0) is 11.3. The first-order valence-corrected chi connectivity index (χ1v) is 5.01. The van der Waals surface area contributed by atoms with Crippen LogP contribution < -0.4 is 10.6 Å². The van der Waals surface area contributed by atoms with Crippen LogP contribution in [0.5, 0.6) is 0 Å². The summed E-state index contributed by atoms with van der Waals surface area (Å²) in [6, 6.07) is 0. The van der Waals surface area contributed by atoms with Crippen molar-refractivity contribution < 1.29 is 18.0 Å². The normalized spacial score (nSPS) is 15.4. The Kier molecular flexibility index (Phi) is 6.74. The second-order valence-electron chi connectivity index (χ2n) is 3.79. The highest BCUT2D eigenvalue weighted by Gasteiger charge is 2.26. The molecule has 3 nitrogen and oxygen atoms in total. The highest BCUT2D eigenvalue weighted by molar-refractivity contribution is 5.85. The fourth-order valence-electron chi connectivity index (χ4n) is 1.12. The Morgan fingerprint density at radius 3 is 2.44 bits per heavy atom. The molecule has 0 radical (unpaired) electrons. The minimum atomic E-state index is -4.20. The van der Waals surface area contributed by atoms with Crippen LogP contribution in [0.15, 0.2) is 0 Å². The fourth-order valence-corrected chi connectivity index (χ4v) is 1.12. The van der Waals surface area contributed by atoms with Gasteiger partial charge in [-0.15, -0.1) is 12.4 Å². The van der Waals surface area contributed by atoms with E-state index in [0.29, 0.717) is 5.92 Å². The van der Waals surface area contributed by atoms with E-state index in [2.05, 4.69) is 10.6 Å². The molecule has 0 unspecified atom stereocenters. The average molecular weight is 261 g/mol. The van der Waals surface area contributed by atoms with Crippen molar-refractivity contribution in [1.29, 1.82) is 0 Å². The smallest absolute Gasteiger partial charge is 0.355 e. The van der Waals surface area contributed by atoms with Crippen LogP contribution in [0.25, 0.3) is 0 Å². The quantitative estimate of drug-likeness (QED) is 0.760. The van der Waals surface area contributed by atoms with Gasteiger partial charge in [-0.1, -0.05) is 0 Å². The van der Waals surface area contributed by atoms with Crippen molar-refractivity contribution in [2.45, 2.75) is 25.4 Å². The topological polar surface area (TPSA) is 41.1 Å². The molecule has 0 bridgehead atoms. The molecule has 1 saturated carbocycles. The third-order valence-corrected chi connectivity index (χ3v) is 2.15. The van der Waals surface area contributed by atoms with Gasteiger partial charge < -0.3 is 10.6 Å². The molecule has 96 valence electrons. The number of carbonyl (C=O) groups excluding carboxylic acids is 1. The maximum Gasteiger partial charge on any atom is 0.390 e. The molecular formula is C9H16ClF3N2O. The molecule has 1 aliphatic rings. The fraction of sp³-hybridized carbons (Fsp3) is 0.889. The third kappa shape index (κ3) is 8.79. The molecule has 0 aliphatic heterocycles. The second kappa shape index (κ2) is 6.96. The zero-order valence-corrected chi connectivity index (χ0v) is 9.59. The standard InChI is InChI=1S/C9H15F3N2O.ClH/c10-9(11,12)3-4-14-8(15)6-13-5-7-1-2-7;/h7,13H,1-6H2,(H,14,15);1H. The van der Waals surface area contributed by atoms with Crippen LogP contribution in [0.4, 0.5) is 13.2 Å². The molecule has 0 aromatic carbocycles. The lowest BCUT2D eigenvalue weighted by molar-refractivity contribution is -0.135. The van der Waals surface area contributed by atoms with Crippen LogP contribution in [0.3, 0.4) is 0 Å². The summed E-state index contributed by atoms with van der Waals surface area (Å²) in [5.41, 5.74) is 0. The summed E-state index contributed by atoms with van der Waals surface area (Å²) in [6.07, 6.45) is -2.80. The maximum absolute atomic E-state index is 11.7. The molecule has 1 amide bonds. The number of nitrogens with one attached hydrogen (secondary N) is 2. The molecule has 1 rings (SSSR count). The van der Waals surface area contributed by atoms with Gasteiger partial charge in [-0.05, 0) is 25.3 Å². The Labute approximate surface area is 98.6 Å². The van der Waals surface area contributed by atoms with Gasteiger partial charge >= 0.3 is 6.18 Å². The van der Waals surface area contributed by atoms with Gasteiger partial charge in [0.15, 0.2) is 0 Å². The highest BCUT2D eigenvalue weighted by Crippen LogP contribution is 2.27. The molecule has 0 saturated heterocycles. The zero-order valence-electron chi connectivity index (χ0n) is 8.77. The molecule has 7 heteroatoms. The number of rotatable bonds is 6. The Bertz CT molecular complexity index is 219. The van der Waals surface area contributed by atoms with Crippen LogP contribution >= 0.6 is 12.4 Å². The Morgan fingerprint density at radius 2 is 1.94 bits per heavy atom. The van der Waals surface area contributed by atoms with Gasteiger partial charge in [-0.2, -0.15) is 13.2 Å². The van der Waals surface area contributed by atoms with E-state index in [1.54, 1.807) is 0 Å². The monoisotopic (exact) mass is 260 g/mol. The minimum Gasteiger partial charge on any atom is -0.355 e. The van der Waals surface area contributed by atoms with E-state index in [1.807, 2.05) is 0 Å². The van der Waals surface area contributed by atoms with E-state index in [4.69, 9.17) is 0 Å². The molecule has 1 fully saturated rings. The summed E-state index contributed by atoms with van der Waals surface area (Å²) in [7, 11) is 0. The summed E-state index contributed by atoms with van der Waals surface area (Å²) in [5, 5.41) is 5.11. The van der Waals surface area contributed by atoms with Crippen LogP contribution in [0, 0.1) is 5.92 Å². The van der Waals surface area contributed by atoms with Crippen molar-refractivity contribution in [3.05, 3.63) is 0 Å². The maximum atomic E-state index is 11.7. The van der Waals surface area contributed by atoms with Crippen molar-refractivity contribution in [2.75, 3.05) is 19.6 Å². The SMILES string of the molecule is Cl.O=C(CNCC1CC1)NCCC(F)(F)F. The van der Waals surface area contributed by atoms with Gasteiger partial charge in [0, 0.05) is 6.54 Å². The van der Waals surface area contributed by atoms with Crippen molar-refractivity contribution >= 4 is 18.3 Å². The molecule has 0 atom stereocenters. The molecule has 0 aromatic rings. The summed E-state index contributed by atoms with van der Waals surface area (Å²) in [6.45, 7) is 0.550. The van der Waals surface area contributed by atoms with E-state index in [9.17, 15) is 18.0 Å². The van der Waals surface area contributed by atoms with Crippen molar-refractivity contribution in [1.82, 2.24) is 10.6 Å². The summed E-state index contributed by atoms with van der Waals surface area (Å²) in [5.74, 6) is 0.285. The molecular weight excluding hydrogens is 245 g/mol. The molecule has 16 heavy (non-hydrogen) atoms. The molecule has 0 heterocycles. The van der Waals surface area contributed by atoms with Gasteiger partial charge in [0.1, 0.15) is 0 Å². The van der Waals surface area contributed by atoms with Gasteiger partial charge in [0.05, 0.1) is 13.0 Å². The number of hydrogen-bond acceptors (Lipinski definition) is 2. The largest absolute Gasteiger partial charge is 0.390 e. The lowest BCUT2D eigenvalue weighted by Crippen LogP contribution is -2.36. The van der Waals surface area contributed by atoms with Gasteiger partial charge in [-0.25, -0.2) is 0 Å². The highest BCUT2D eigenvalue weighted by atomic mass is 35.5. The lowest BCUT2D eigenvalue weighted by atomic mass is 10.4. The Morgan fingerprint density at radius 1 is 1.31 bits per heavy atom. The Balaban J connectivity index is 0.00000225. The predicted octanol–water partition coefficient (Wildman–Crippen LogP) is 1.48. The van der Waals surface area contributed by atoms with Gasteiger partial charge in [0.2, 0.25) is 5.91 Å². The Hall–Kier alpha value is -0.490. The van der Waals surface area contributed by atoms with Crippen molar-refractivity contribution in [2.24, 2.45) is 5.92 Å². The van der Waals surface area contributed by atoms with E-state index in [-0.39, 0.29) is 31.4 Å². The van der Waals surface area contributed by atoms with Crippen LogP contribution in [-0.2, 0) is 4.79 Å². The van der Waals surface area contributed by atoms with Crippen LogP contribution in [0.1, 0.15) is 19.3 Å². The third-order valence-electron chi connectivity index (χ3n) is 2.15. The van der Waals surface area contributed by atoms with Crippen LogP contribution in [0.2, 0.25) is 0 Å². The van der Waals surface area contributed by atoms with Gasteiger partial charge in [-0.3, -0.25) is 4.79 Å².